The van der Waals surface area contributed by atoms with Gasteiger partial charge < -0.3 is 0 Å². The molecular weight excluding hydrogens is 428 g/mol. The average Bonchev–Trinajstić information content (AvgIpc) is 3.23. The van der Waals surface area contributed by atoms with Crippen LogP contribution in [0.5, 0.6) is 0 Å². The summed E-state index contributed by atoms with van der Waals surface area (Å²) >= 11 is 7.68. The minimum Gasteiger partial charge on any atom is -0.270 e. The topological polar surface area (TPSA) is 69.4 Å². The summed E-state index contributed by atoms with van der Waals surface area (Å²) in [6, 6.07) is 19.4. The van der Waals surface area contributed by atoms with Crippen LogP contribution in [-0.4, -0.2) is 29.7 Å². The Morgan fingerprint density at radius 3 is 2.32 bits per heavy atom. The lowest BCUT2D eigenvalue weighted by Gasteiger charge is -2.11. The second kappa shape index (κ2) is 8.45. The first-order valence-electron chi connectivity index (χ1n) is 9.66. The van der Waals surface area contributed by atoms with Gasteiger partial charge in [0, 0.05) is 34.4 Å². The Morgan fingerprint density at radius 2 is 1.58 bits per heavy atom. The third kappa shape index (κ3) is 4.02. The maximum Gasteiger partial charge on any atom is 0.196 e. The molecule has 0 aliphatic heterocycles. The number of halogens is 1. The van der Waals surface area contributed by atoms with Gasteiger partial charge in [-0.1, -0.05) is 35.5 Å². The number of benzene rings is 2. The summed E-state index contributed by atoms with van der Waals surface area (Å²) < 4.78 is 2.03. The number of rotatable bonds is 5. The molecule has 0 radical (unpaired) electrons. The molecule has 0 bridgehead atoms. The Labute approximate surface area is 188 Å². The highest BCUT2D eigenvalue weighted by Gasteiger charge is 2.17. The molecule has 3 aromatic heterocycles. The van der Waals surface area contributed by atoms with Crippen molar-refractivity contribution < 1.29 is 0 Å². The highest BCUT2D eigenvalue weighted by molar-refractivity contribution is 7.98. The summed E-state index contributed by atoms with van der Waals surface area (Å²) in [5.41, 5.74) is 5.51. The Balaban J connectivity index is 1.53. The third-order valence-electron chi connectivity index (χ3n) is 4.84. The van der Waals surface area contributed by atoms with E-state index in [0.29, 0.717) is 10.8 Å². The molecule has 2 aromatic carbocycles. The summed E-state index contributed by atoms with van der Waals surface area (Å²) in [7, 11) is 0. The monoisotopic (exact) mass is 444 g/mol. The van der Waals surface area contributed by atoms with E-state index in [-0.39, 0.29) is 0 Å². The maximum atomic E-state index is 6.11. The molecule has 0 fully saturated rings. The fourth-order valence-corrected chi connectivity index (χ4v) is 4.35. The fraction of sp³-hybridized carbons (Fsp3) is 0.0870. The van der Waals surface area contributed by atoms with Crippen LogP contribution in [0.25, 0.3) is 28.1 Å². The van der Waals surface area contributed by atoms with Crippen molar-refractivity contribution in [2.45, 2.75) is 17.8 Å². The van der Waals surface area contributed by atoms with Crippen molar-refractivity contribution in [2.75, 3.05) is 0 Å². The van der Waals surface area contributed by atoms with Crippen LogP contribution < -0.4 is 0 Å². The molecule has 31 heavy (non-hydrogen) atoms. The van der Waals surface area contributed by atoms with E-state index in [9.17, 15) is 0 Å². The van der Waals surface area contributed by atoms with Crippen molar-refractivity contribution in [1.82, 2.24) is 29.7 Å². The number of thioether (sulfide) groups is 1. The van der Waals surface area contributed by atoms with Crippen LogP contribution >= 0.6 is 23.4 Å². The van der Waals surface area contributed by atoms with Crippen molar-refractivity contribution in [3.05, 3.63) is 89.5 Å². The molecule has 0 spiro atoms. The lowest BCUT2D eigenvalue weighted by molar-refractivity contribution is 0.884. The van der Waals surface area contributed by atoms with Gasteiger partial charge in [0.25, 0.3) is 0 Å². The Bertz CT molecular complexity index is 1350. The number of pyridine rings is 1. The van der Waals surface area contributed by atoms with Crippen molar-refractivity contribution >= 4 is 34.4 Å². The SMILES string of the molecule is Cc1nc2ccccc2nc1CSc1nnc(-c2ccncc2)n1-c1ccc(Cl)cc1. The van der Waals surface area contributed by atoms with Gasteiger partial charge in [-0.25, -0.2) is 9.97 Å². The summed E-state index contributed by atoms with van der Waals surface area (Å²) in [6.45, 7) is 1.99. The smallest absolute Gasteiger partial charge is 0.196 e. The van der Waals surface area contributed by atoms with Crippen LogP contribution in [0.15, 0.2) is 78.2 Å². The summed E-state index contributed by atoms with van der Waals surface area (Å²) in [5, 5.41) is 10.4. The molecule has 152 valence electrons. The molecule has 0 unspecified atom stereocenters. The zero-order chi connectivity index (χ0) is 21.2. The second-order valence-electron chi connectivity index (χ2n) is 6.89. The predicted octanol–water partition coefficient (Wildman–Crippen LogP) is 5.53. The van der Waals surface area contributed by atoms with Gasteiger partial charge in [-0.2, -0.15) is 0 Å². The fourth-order valence-electron chi connectivity index (χ4n) is 3.27. The van der Waals surface area contributed by atoms with E-state index >= 15 is 0 Å². The standard InChI is InChI=1S/C23H17ClN6S/c1-15-21(27-20-5-3-2-4-19(20)26-15)14-31-23-29-28-22(16-10-12-25-13-11-16)30(23)18-8-6-17(24)7-9-18/h2-13H,14H2,1H3. The molecule has 0 amide bonds. The number of aryl methyl sites for hydroxylation is 1. The number of aromatic nitrogens is 6. The molecule has 0 saturated heterocycles. The number of hydrogen-bond acceptors (Lipinski definition) is 6. The van der Waals surface area contributed by atoms with Gasteiger partial charge in [0.05, 0.1) is 22.4 Å². The lowest BCUT2D eigenvalue weighted by Crippen LogP contribution is -2.01. The second-order valence-corrected chi connectivity index (χ2v) is 8.27. The van der Waals surface area contributed by atoms with E-state index in [4.69, 9.17) is 21.6 Å². The van der Waals surface area contributed by atoms with Crippen molar-refractivity contribution in [2.24, 2.45) is 0 Å². The molecule has 0 N–H and O–H groups in total. The minimum absolute atomic E-state index is 0.631. The number of hydrogen-bond donors (Lipinski definition) is 0. The average molecular weight is 445 g/mol. The van der Waals surface area contributed by atoms with E-state index < -0.39 is 0 Å². The summed E-state index contributed by atoms with van der Waals surface area (Å²) in [4.78, 5) is 13.6. The normalized spacial score (nSPS) is 11.2. The van der Waals surface area contributed by atoms with Gasteiger partial charge in [-0.15, -0.1) is 10.2 Å². The van der Waals surface area contributed by atoms with Crippen molar-refractivity contribution in [3.8, 4) is 17.1 Å². The lowest BCUT2D eigenvalue weighted by atomic mass is 10.2. The summed E-state index contributed by atoms with van der Waals surface area (Å²) in [6.07, 6.45) is 3.49. The predicted molar refractivity (Wildman–Crippen MR) is 123 cm³/mol. The number of para-hydroxylation sites is 2. The molecule has 5 rings (SSSR count). The van der Waals surface area contributed by atoms with Crippen LogP contribution in [0.1, 0.15) is 11.4 Å². The van der Waals surface area contributed by atoms with E-state index in [1.54, 1.807) is 24.2 Å². The zero-order valence-electron chi connectivity index (χ0n) is 16.6. The Hall–Kier alpha value is -3.29. The molecule has 8 heteroatoms. The largest absolute Gasteiger partial charge is 0.270 e. The first kappa shape index (κ1) is 19.7. The molecule has 0 aliphatic carbocycles. The van der Waals surface area contributed by atoms with Gasteiger partial charge in [0.2, 0.25) is 0 Å². The van der Waals surface area contributed by atoms with Crippen molar-refractivity contribution in [1.29, 1.82) is 0 Å². The summed E-state index contributed by atoms with van der Waals surface area (Å²) in [5.74, 6) is 1.37. The van der Waals surface area contributed by atoms with Crippen LogP contribution in [0.4, 0.5) is 0 Å². The minimum atomic E-state index is 0.631. The van der Waals surface area contributed by atoms with Gasteiger partial charge in [0.1, 0.15) is 0 Å². The van der Waals surface area contributed by atoms with Crippen LogP contribution in [0.3, 0.4) is 0 Å². The zero-order valence-corrected chi connectivity index (χ0v) is 18.2. The van der Waals surface area contributed by atoms with Crippen molar-refractivity contribution in [3.63, 3.8) is 0 Å². The molecule has 5 aromatic rings. The van der Waals surface area contributed by atoms with Gasteiger partial charge in [-0.05, 0) is 55.5 Å². The molecule has 0 atom stereocenters. The molecule has 6 nitrogen and oxygen atoms in total. The Kier molecular flexibility index (Phi) is 5.36. The van der Waals surface area contributed by atoms with E-state index in [1.807, 2.05) is 72.2 Å². The quantitative estimate of drug-likeness (QED) is 0.332. The van der Waals surface area contributed by atoms with E-state index in [0.717, 1.165) is 44.7 Å². The van der Waals surface area contributed by atoms with E-state index in [1.165, 1.54) is 0 Å². The molecule has 3 heterocycles. The number of fused-ring (bicyclic) bond motifs is 1. The van der Waals surface area contributed by atoms with Gasteiger partial charge in [-0.3, -0.25) is 9.55 Å². The van der Waals surface area contributed by atoms with Crippen LogP contribution in [0.2, 0.25) is 5.02 Å². The molecule has 0 saturated carbocycles. The molecule has 0 aliphatic rings. The van der Waals surface area contributed by atoms with E-state index in [2.05, 4.69) is 15.2 Å². The first-order chi connectivity index (χ1) is 15.2. The highest BCUT2D eigenvalue weighted by Crippen LogP contribution is 2.30. The number of nitrogens with zero attached hydrogens (tertiary/aromatic N) is 6. The van der Waals surface area contributed by atoms with Gasteiger partial charge >= 0.3 is 0 Å². The highest BCUT2D eigenvalue weighted by atomic mass is 35.5. The van der Waals surface area contributed by atoms with Crippen LogP contribution in [0, 0.1) is 6.92 Å². The first-order valence-corrected chi connectivity index (χ1v) is 11.0. The maximum absolute atomic E-state index is 6.11. The van der Waals surface area contributed by atoms with Gasteiger partial charge in [0.15, 0.2) is 11.0 Å². The molecular formula is C23H17ClN6S. The van der Waals surface area contributed by atoms with Crippen LogP contribution in [-0.2, 0) is 5.75 Å². The third-order valence-corrected chi connectivity index (χ3v) is 6.03. The Morgan fingerprint density at radius 1 is 0.871 bits per heavy atom.